The first kappa shape index (κ1) is 23.5. The molecule has 1 atom stereocenters. The van der Waals surface area contributed by atoms with Crippen LogP contribution in [-0.2, 0) is 4.79 Å². The van der Waals surface area contributed by atoms with E-state index in [1.165, 1.54) is 32.4 Å². The molecular weight excluding hydrogens is 369 g/mol. The van der Waals surface area contributed by atoms with Crippen LogP contribution in [0.5, 0.6) is 0 Å². The number of carbonyl (C=O) groups is 1. The number of hydrogen-bond donors (Lipinski definition) is 1. The predicted molar refractivity (Wildman–Crippen MR) is 117 cm³/mol. The third-order valence-electron chi connectivity index (χ3n) is 5.68. The molecule has 1 amide bonds. The third-order valence-corrected chi connectivity index (χ3v) is 5.68. The van der Waals surface area contributed by atoms with Gasteiger partial charge in [-0.3, -0.25) is 9.78 Å². The Kier molecular flexibility index (Phi) is 9.81. The molecule has 2 aliphatic heterocycles. The fraction of sp³-hybridized carbons (Fsp3) is 0.727. The van der Waals surface area contributed by atoms with Crippen LogP contribution in [0.4, 0.5) is 10.1 Å². The van der Waals surface area contributed by atoms with E-state index in [-0.39, 0.29) is 11.9 Å². The van der Waals surface area contributed by atoms with Crippen LogP contribution < -0.4 is 10.6 Å². The van der Waals surface area contributed by atoms with Crippen molar-refractivity contribution in [3.8, 4) is 0 Å². The van der Waals surface area contributed by atoms with Gasteiger partial charge in [-0.05, 0) is 70.8 Å². The number of halogens is 1. The zero-order chi connectivity index (χ0) is 21.2. The maximum Gasteiger partial charge on any atom is 0.239 e. The number of nitrogens with zero attached hydrogens (tertiary/aromatic N) is 4. The maximum absolute atomic E-state index is 12.7. The Labute approximate surface area is 175 Å². The Morgan fingerprint density at radius 2 is 1.69 bits per heavy atom. The highest BCUT2D eigenvalue weighted by molar-refractivity contribution is 5.82. The normalized spacial score (nSPS) is 19.7. The Bertz CT molecular complexity index is 581. The van der Waals surface area contributed by atoms with E-state index >= 15 is 0 Å². The highest BCUT2D eigenvalue weighted by Gasteiger charge is 2.28. The summed E-state index contributed by atoms with van der Waals surface area (Å²) in [6, 6.07) is 3.70. The van der Waals surface area contributed by atoms with Gasteiger partial charge in [0.25, 0.3) is 0 Å². The molecule has 3 heterocycles. The van der Waals surface area contributed by atoms with Crippen LogP contribution in [0.25, 0.3) is 0 Å². The highest BCUT2D eigenvalue weighted by Crippen LogP contribution is 2.22. The molecule has 0 aliphatic carbocycles. The number of carbonyl (C=O) groups excluding carboxylic acids is 1. The number of rotatable bonds is 5. The van der Waals surface area contributed by atoms with Crippen molar-refractivity contribution in [2.45, 2.75) is 52.2 Å². The zero-order valence-corrected chi connectivity index (χ0v) is 18.3. The molecule has 29 heavy (non-hydrogen) atoms. The van der Waals surface area contributed by atoms with Gasteiger partial charge in [0.2, 0.25) is 5.91 Å². The molecule has 2 fully saturated rings. The summed E-state index contributed by atoms with van der Waals surface area (Å²) in [5.74, 6) is 0.729. The summed E-state index contributed by atoms with van der Waals surface area (Å²) in [5, 5.41) is 0. The number of aromatic nitrogens is 1. The number of piperazine rings is 1. The van der Waals surface area contributed by atoms with Gasteiger partial charge in [0.05, 0.1) is 12.2 Å². The molecular formula is C22H38FN5O. The minimum Gasteiger partial charge on any atom is -0.368 e. The van der Waals surface area contributed by atoms with Crippen molar-refractivity contribution >= 4 is 11.6 Å². The lowest BCUT2D eigenvalue weighted by molar-refractivity contribution is -0.133. The van der Waals surface area contributed by atoms with Gasteiger partial charge < -0.3 is 20.4 Å². The molecule has 0 aromatic carbocycles. The fourth-order valence-corrected chi connectivity index (χ4v) is 3.97. The number of hydrogen-bond acceptors (Lipinski definition) is 5. The highest BCUT2D eigenvalue weighted by atomic mass is 19.1. The zero-order valence-electron chi connectivity index (χ0n) is 18.3. The number of anilines is 1. The van der Waals surface area contributed by atoms with E-state index in [1.807, 2.05) is 29.4 Å². The van der Waals surface area contributed by atoms with E-state index in [0.29, 0.717) is 5.92 Å². The molecule has 0 bridgehead atoms. The fourth-order valence-electron chi connectivity index (χ4n) is 3.97. The molecule has 0 radical (unpaired) electrons. The Morgan fingerprint density at radius 3 is 2.21 bits per heavy atom. The van der Waals surface area contributed by atoms with Crippen LogP contribution in [0, 0.1) is 5.92 Å². The quantitative estimate of drug-likeness (QED) is 0.813. The van der Waals surface area contributed by atoms with Crippen LogP contribution in [0.3, 0.4) is 0 Å². The van der Waals surface area contributed by atoms with Crippen molar-refractivity contribution < 1.29 is 9.18 Å². The van der Waals surface area contributed by atoms with E-state index < -0.39 is 6.17 Å². The first-order valence-electron chi connectivity index (χ1n) is 11.0. The van der Waals surface area contributed by atoms with Crippen molar-refractivity contribution in [2.24, 2.45) is 11.7 Å². The van der Waals surface area contributed by atoms with Crippen molar-refractivity contribution in [1.82, 2.24) is 14.8 Å². The Morgan fingerprint density at radius 1 is 1.14 bits per heavy atom. The van der Waals surface area contributed by atoms with Crippen molar-refractivity contribution in [2.75, 3.05) is 50.7 Å². The molecule has 1 aromatic rings. The number of amides is 1. The number of piperidine rings is 1. The van der Waals surface area contributed by atoms with E-state index in [2.05, 4.69) is 21.7 Å². The molecule has 0 spiro atoms. The van der Waals surface area contributed by atoms with Gasteiger partial charge in [-0.25, -0.2) is 4.39 Å². The molecule has 2 aliphatic rings. The summed E-state index contributed by atoms with van der Waals surface area (Å²) >= 11 is 0. The van der Waals surface area contributed by atoms with Crippen LogP contribution in [0.1, 0.15) is 40.0 Å². The van der Waals surface area contributed by atoms with Crippen molar-refractivity contribution in [1.29, 1.82) is 0 Å². The number of likely N-dealkylation sites (tertiary alicyclic amines) is 1. The number of nitrogens with two attached hydrogens (primary N) is 1. The molecule has 7 heteroatoms. The Balaban J connectivity index is 0.000000687. The molecule has 1 aromatic heterocycles. The van der Waals surface area contributed by atoms with Gasteiger partial charge in [-0.2, -0.15) is 0 Å². The van der Waals surface area contributed by atoms with Gasteiger partial charge in [-0.1, -0.05) is 6.92 Å². The van der Waals surface area contributed by atoms with E-state index in [4.69, 9.17) is 5.73 Å². The maximum atomic E-state index is 12.7. The lowest BCUT2D eigenvalue weighted by Gasteiger charge is -2.38. The molecule has 1 unspecified atom stereocenters. The number of alkyl halides is 1. The van der Waals surface area contributed by atoms with Gasteiger partial charge in [0, 0.05) is 44.3 Å². The summed E-state index contributed by atoms with van der Waals surface area (Å²) in [6.45, 7) is 11.8. The molecule has 2 saturated heterocycles. The van der Waals surface area contributed by atoms with Crippen molar-refractivity contribution in [3.63, 3.8) is 0 Å². The van der Waals surface area contributed by atoms with Crippen LogP contribution >= 0.6 is 0 Å². The molecule has 0 saturated carbocycles. The van der Waals surface area contributed by atoms with Gasteiger partial charge in [-0.15, -0.1) is 0 Å². The lowest BCUT2D eigenvalue weighted by atomic mass is 9.90. The Hall–Kier alpha value is -1.73. The van der Waals surface area contributed by atoms with E-state index in [9.17, 15) is 9.18 Å². The topological polar surface area (TPSA) is 65.7 Å². The molecule has 3 rings (SSSR count). The second-order valence-electron chi connectivity index (χ2n) is 8.25. The van der Waals surface area contributed by atoms with Gasteiger partial charge in [0.1, 0.15) is 0 Å². The first-order valence-corrected chi connectivity index (χ1v) is 11.0. The van der Waals surface area contributed by atoms with E-state index in [1.54, 1.807) is 0 Å². The lowest BCUT2D eigenvalue weighted by Crippen LogP contribution is -2.53. The molecule has 6 nitrogen and oxygen atoms in total. The van der Waals surface area contributed by atoms with Crippen LogP contribution in [-0.4, -0.2) is 78.7 Å². The predicted octanol–water partition coefficient (Wildman–Crippen LogP) is 2.54. The van der Waals surface area contributed by atoms with Crippen LogP contribution in [0.2, 0.25) is 0 Å². The summed E-state index contributed by atoms with van der Waals surface area (Å²) in [7, 11) is 0. The number of pyridine rings is 1. The minimum atomic E-state index is -0.667. The van der Waals surface area contributed by atoms with Gasteiger partial charge >= 0.3 is 0 Å². The van der Waals surface area contributed by atoms with Crippen molar-refractivity contribution in [3.05, 3.63) is 24.5 Å². The standard InChI is InChI=1S/C19H31N5O.C3H7F/c1-2-22-9-5-16(6-10-22)15-18(20)19(25)24-13-11-23(12-14-24)17-3-7-21-8-4-17;1-3(2)4/h3-4,7-8,16,18H,2,5-6,9-15,20H2,1H3;3H,1-2H3. The molecule has 164 valence electrons. The van der Waals surface area contributed by atoms with Crippen LogP contribution in [0.15, 0.2) is 24.5 Å². The average Bonchev–Trinajstić information content (AvgIpc) is 2.74. The summed E-state index contributed by atoms with van der Waals surface area (Å²) < 4.78 is 11.0. The minimum absolute atomic E-state index is 0.132. The third kappa shape index (κ3) is 7.90. The first-order chi connectivity index (χ1) is 13.9. The second kappa shape index (κ2) is 12.1. The largest absolute Gasteiger partial charge is 0.368 e. The molecule has 2 N–H and O–H groups in total. The second-order valence-corrected chi connectivity index (χ2v) is 8.25. The summed E-state index contributed by atoms with van der Waals surface area (Å²) in [6.07, 6.45) is 6.13. The average molecular weight is 408 g/mol. The van der Waals surface area contributed by atoms with Gasteiger partial charge in [0.15, 0.2) is 0 Å². The monoisotopic (exact) mass is 407 g/mol. The summed E-state index contributed by atoms with van der Waals surface area (Å²) in [4.78, 5) is 23.5. The van der Waals surface area contributed by atoms with E-state index in [0.717, 1.165) is 52.2 Å². The SMILES string of the molecule is CC(C)F.CCN1CCC(CC(N)C(=O)N2CCN(c3ccncc3)CC2)CC1. The smallest absolute Gasteiger partial charge is 0.239 e. The summed E-state index contributed by atoms with van der Waals surface area (Å²) in [5.41, 5.74) is 7.44.